The number of azide groups is 1. The Hall–Kier alpha value is -1.49. The van der Waals surface area contributed by atoms with Crippen molar-refractivity contribution in [3.63, 3.8) is 0 Å². The summed E-state index contributed by atoms with van der Waals surface area (Å²) in [6, 6.07) is -1.52. The largest absolute Gasteiger partial charge is 0.465 e. The lowest BCUT2D eigenvalue weighted by Crippen LogP contribution is -2.58. The third-order valence-corrected chi connectivity index (χ3v) is 8.77. The van der Waals surface area contributed by atoms with Gasteiger partial charge >= 0.3 is 12.3 Å². The lowest BCUT2D eigenvalue weighted by atomic mass is 9.96. The Bertz CT molecular complexity index is 504. The van der Waals surface area contributed by atoms with Crippen LogP contribution in [0.25, 0.3) is 10.4 Å². The molecule has 0 aliphatic rings. The number of hydrogen-bond acceptors (Lipinski definition) is 4. The van der Waals surface area contributed by atoms with E-state index in [9.17, 15) is 23.1 Å². The highest BCUT2D eigenvalue weighted by Gasteiger charge is 2.51. The van der Waals surface area contributed by atoms with E-state index in [4.69, 9.17) is 15.1 Å². The summed E-state index contributed by atoms with van der Waals surface area (Å²) in [4.78, 5) is 13.2. The number of carboxylic acid groups (broad SMARTS) is 1. The lowest BCUT2D eigenvalue weighted by molar-refractivity contribution is -0.198. The second-order valence-electron chi connectivity index (χ2n) is 7.14. The number of nitrogens with zero attached hydrogens (tertiary/aromatic N) is 3. The average molecular weight is 386 g/mol. The number of carbonyl (C=O) groups is 1. The fourth-order valence-corrected chi connectivity index (χ4v) is 3.23. The van der Waals surface area contributed by atoms with Gasteiger partial charge in [0, 0.05) is 11.5 Å². The number of aliphatic hydroxyl groups is 1. The molecule has 0 saturated heterocycles. The Balaban J connectivity index is 6.00. The van der Waals surface area contributed by atoms with E-state index < -0.39 is 56.8 Å². The molecule has 0 saturated carbocycles. The summed E-state index contributed by atoms with van der Waals surface area (Å²) in [6.07, 6.45) is -8.13. The van der Waals surface area contributed by atoms with Crippen LogP contribution in [0.5, 0.6) is 0 Å². The molecule has 3 atom stereocenters. The molecular weight excluding hydrogens is 361 g/mol. The van der Waals surface area contributed by atoms with E-state index in [0.29, 0.717) is 0 Å². The minimum Gasteiger partial charge on any atom is -0.465 e. The number of aliphatic hydroxyl groups excluding tert-OH is 1. The van der Waals surface area contributed by atoms with Crippen LogP contribution in [0.1, 0.15) is 20.8 Å². The second kappa shape index (κ2) is 8.74. The minimum atomic E-state index is -4.81. The van der Waals surface area contributed by atoms with Crippen molar-refractivity contribution >= 4 is 14.4 Å². The molecule has 0 radical (unpaired) electrons. The molecule has 12 heteroatoms. The quantitative estimate of drug-likeness (QED) is 0.255. The maximum atomic E-state index is 13.5. The van der Waals surface area contributed by atoms with Crippen molar-refractivity contribution in [1.82, 2.24) is 5.32 Å². The third-order valence-electron chi connectivity index (χ3n) is 4.30. The molecule has 0 rings (SSSR count). The average Bonchev–Trinajstić information content (AvgIpc) is 2.41. The number of halogens is 3. The van der Waals surface area contributed by atoms with Crippen LogP contribution in [0.15, 0.2) is 5.11 Å². The molecule has 0 aromatic heterocycles. The van der Waals surface area contributed by atoms with Crippen LogP contribution >= 0.6 is 0 Å². The standard InChI is InChI=1S/C13H25F3N4O4Si/c1-12(2,3)25(4,5)24-10(9(7-21)19-11(22)23)8(6-18-20-17)13(14,15)16/h8-10,19,21H,6-7H2,1-5H3,(H,22,23)/t8-,9+,10-/m0/s1. The van der Waals surface area contributed by atoms with Gasteiger partial charge in [-0.3, -0.25) is 0 Å². The molecule has 25 heavy (non-hydrogen) atoms. The molecule has 0 bridgehead atoms. The zero-order valence-corrected chi connectivity index (χ0v) is 15.8. The normalized spacial score (nSPS) is 16.5. The Labute approximate surface area is 145 Å². The van der Waals surface area contributed by atoms with E-state index in [1.807, 2.05) is 26.1 Å². The fraction of sp³-hybridized carbons (Fsp3) is 0.923. The molecule has 0 aliphatic carbocycles. The lowest BCUT2D eigenvalue weighted by Gasteiger charge is -2.43. The first-order valence-corrected chi connectivity index (χ1v) is 10.4. The summed E-state index contributed by atoms with van der Waals surface area (Å²) < 4.78 is 46.3. The van der Waals surface area contributed by atoms with Gasteiger partial charge in [0.1, 0.15) is 0 Å². The van der Waals surface area contributed by atoms with Gasteiger partial charge in [-0.05, 0) is 23.7 Å². The Morgan fingerprint density at radius 3 is 2.20 bits per heavy atom. The van der Waals surface area contributed by atoms with Gasteiger partial charge in [0.15, 0.2) is 8.32 Å². The van der Waals surface area contributed by atoms with E-state index in [-0.39, 0.29) is 0 Å². The number of rotatable bonds is 8. The van der Waals surface area contributed by atoms with Crippen LogP contribution in [0.2, 0.25) is 18.1 Å². The summed E-state index contributed by atoms with van der Waals surface area (Å²) >= 11 is 0. The molecule has 1 amide bonds. The molecule has 0 aromatic carbocycles. The van der Waals surface area contributed by atoms with E-state index in [0.717, 1.165) is 0 Å². The SMILES string of the molecule is CC(C)(C)[Si](C)(C)O[C@H]([C@@H](CO)NC(=O)O)[C@H](CN=[N+]=[N-])C(F)(F)F. The highest BCUT2D eigenvalue weighted by atomic mass is 28.4. The van der Waals surface area contributed by atoms with Gasteiger partial charge in [-0.25, -0.2) is 4.79 Å². The molecular formula is C13H25F3N4O4Si. The van der Waals surface area contributed by atoms with Gasteiger partial charge in [0.05, 0.1) is 24.7 Å². The van der Waals surface area contributed by atoms with Crippen LogP contribution in [-0.2, 0) is 4.43 Å². The van der Waals surface area contributed by atoms with Gasteiger partial charge in [0.25, 0.3) is 0 Å². The van der Waals surface area contributed by atoms with E-state index in [1.54, 1.807) is 13.1 Å². The Morgan fingerprint density at radius 2 is 1.88 bits per heavy atom. The first-order chi connectivity index (χ1) is 11.2. The van der Waals surface area contributed by atoms with Gasteiger partial charge in [-0.2, -0.15) is 13.2 Å². The third kappa shape index (κ3) is 7.10. The number of amides is 1. The van der Waals surface area contributed by atoms with Crippen molar-refractivity contribution in [3.8, 4) is 0 Å². The summed E-state index contributed by atoms with van der Waals surface area (Å²) in [5.74, 6) is -2.26. The molecule has 0 aromatic rings. The topological polar surface area (TPSA) is 128 Å². The van der Waals surface area contributed by atoms with Crippen molar-refractivity contribution in [1.29, 1.82) is 0 Å². The van der Waals surface area contributed by atoms with Gasteiger partial charge in [-0.1, -0.05) is 25.9 Å². The van der Waals surface area contributed by atoms with Crippen molar-refractivity contribution in [2.24, 2.45) is 11.0 Å². The predicted octanol–water partition coefficient (Wildman–Crippen LogP) is 3.49. The zero-order valence-electron chi connectivity index (χ0n) is 14.8. The molecule has 0 spiro atoms. The Kier molecular flexibility index (Phi) is 8.22. The number of hydrogen-bond donors (Lipinski definition) is 3. The smallest absolute Gasteiger partial charge is 0.405 e. The first kappa shape index (κ1) is 23.5. The van der Waals surface area contributed by atoms with Crippen molar-refractivity contribution in [3.05, 3.63) is 10.4 Å². The van der Waals surface area contributed by atoms with E-state index >= 15 is 0 Å². The van der Waals surface area contributed by atoms with Gasteiger partial charge in [-0.15, -0.1) is 0 Å². The van der Waals surface area contributed by atoms with Gasteiger partial charge in [0.2, 0.25) is 0 Å². The Morgan fingerprint density at radius 1 is 1.36 bits per heavy atom. The van der Waals surface area contributed by atoms with Crippen molar-refractivity contribution < 1.29 is 32.6 Å². The molecule has 0 fully saturated rings. The summed E-state index contributed by atoms with van der Waals surface area (Å²) in [7, 11) is -2.76. The van der Waals surface area contributed by atoms with Crippen LogP contribution in [0.4, 0.5) is 18.0 Å². The minimum absolute atomic E-state index is 0.455. The predicted molar refractivity (Wildman–Crippen MR) is 87.7 cm³/mol. The van der Waals surface area contributed by atoms with Gasteiger partial charge < -0.3 is 20.0 Å². The monoisotopic (exact) mass is 386 g/mol. The highest BCUT2D eigenvalue weighted by Crippen LogP contribution is 2.41. The maximum Gasteiger partial charge on any atom is 0.405 e. The molecule has 0 unspecified atom stereocenters. The van der Waals surface area contributed by atoms with E-state index in [2.05, 4.69) is 10.0 Å². The molecule has 3 N–H and O–H groups in total. The summed E-state index contributed by atoms with van der Waals surface area (Å²) in [5.41, 5.74) is 8.37. The fourth-order valence-electron chi connectivity index (χ4n) is 1.87. The number of nitrogens with one attached hydrogen (secondary N) is 1. The summed E-state index contributed by atoms with van der Waals surface area (Å²) in [6.45, 7) is 6.98. The maximum absolute atomic E-state index is 13.5. The highest BCUT2D eigenvalue weighted by molar-refractivity contribution is 6.74. The molecule has 0 aliphatic heterocycles. The van der Waals surface area contributed by atoms with Crippen molar-refractivity contribution in [2.45, 2.75) is 57.2 Å². The number of alkyl halides is 3. The van der Waals surface area contributed by atoms with Crippen LogP contribution in [0.3, 0.4) is 0 Å². The van der Waals surface area contributed by atoms with Crippen LogP contribution < -0.4 is 5.32 Å². The summed E-state index contributed by atoms with van der Waals surface area (Å²) in [5, 5.41) is 22.7. The molecule has 146 valence electrons. The van der Waals surface area contributed by atoms with Crippen LogP contribution in [-0.4, -0.2) is 56.1 Å². The molecule has 0 heterocycles. The van der Waals surface area contributed by atoms with E-state index in [1.165, 1.54) is 0 Å². The van der Waals surface area contributed by atoms with Crippen LogP contribution in [0, 0.1) is 5.92 Å². The van der Waals surface area contributed by atoms with Crippen molar-refractivity contribution in [2.75, 3.05) is 13.2 Å². The second-order valence-corrected chi connectivity index (χ2v) is 11.9. The first-order valence-electron chi connectivity index (χ1n) is 7.53. The zero-order chi connectivity index (χ0) is 20.1. The molecule has 8 nitrogen and oxygen atoms in total.